The van der Waals surface area contributed by atoms with E-state index in [4.69, 9.17) is 0 Å². The highest BCUT2D eigenvalue weighted by molar-refractivity contribution is 5.32. The normalized spacial score (nSPS) is 18.3. The summed E-state index contributed by atoms with van der Waals surface area (Å²) in [5, 5.41) is 17.5. The highest BCUT2D eigenvalue weighted by Gasteiger charge is 2.33. The number of aromatic nitrogens is 3. The summed E-state index contributed by atoms with van der Waals surface area (Å²) < 4.78 is 41.0. The predicted molar refractivity (Wildman–Crippen MR) is 73.3 cm³/mol. The van der Waals surface area contributed by atoms with Gasteiger partial charge in [0.15, 0.2) is 0 Å². The molecule has 1 aliphatic rings. The van der Waals surface area contributed by atoms with E-state index in [0.29, 0.717) is 18.2 Å². The third-order valence-corrected chi connectivity index (χ3v) is 4.05. The van der Waals surface area contributed by atoms with Crippen molar-refractivity contribution >= 4 is 0 Å². The summed E-state index contributed by atoms with van der Waals surface area (Å²) in [5.74, 6) is 1.12. The highest BCUT2D eigenvalue weighted by atomic mass is 19.4. The molecule has 0 aliphatic carbocycles. The first-order valence-corrected chi connectivity index (χ1v) is 7.18. The number of hydrogen-bond acceptors (Lipinski definition) is 3. The van der Waals surface area contributed by atoms with E-state index in [-0.39, 0.29) is 24.5 Å². The summed E-state index contributed by atoms with van der Waals surface area (Å²) in [6.07, 6.45) is -2.60. The topological polar surface area (TPSA) is 50.9 Å². The summed E-state index contributed by atoms with van der Waals surface area (Å²) in [4.78, 5) is 0. The summed E-state index contributed by atoms with van der Waals surface area (Å²) in [6.45, 7) is 0.666. The number of rotatable bonds is 3. The van der Waals surface area contributed by atoms with Crippen molar-refractivity contribution in [3.8, 4) is 0 Å². The van der Waals surface area contributed by atoms with Gasteiger partial charge in [-0.05, 0) is 24.5 Å². The molecule has 1 atom stereocenters. The van der Waals surface area contributed by atoms with Crippen molar-refractivity contribution in [1.29, 1.82) is 0 Å². The van der Waals surface area contributed by atoms with E-state index in [1.54, 1.807) is 6.07 Å². The fourth-order valence-electron chi connectivity index (χ4n) is 2.94. The monoisotopic (exact) mass is 311 g/mol. The van der Waals surface area contributed by atoms with Gasteiger partial charge in [0.1, 0.15) is 11.6 Å². The van der Waals surface area contributed by atoms with Crippen molar-refractivity contribution in [2.24, 2.45) is 0 Å². The lowest BCUT2D eigenvalue weighted by Crippen LogP contribution is -2.20. The van der Waals surface area contributed by atoms with Gasteiger partial charge in [0.05, 0.1) is 12.2 Å². The molecule has 0 saturated carbocycles. The number of alkyl halides is 3. The number of aliphatic hydroxyl groups excluding tert-OH is 1. The van der Waals surface area contributed by atoms with Crippen molar-refractivity contribution < 1.29 is 18.3 Å². The zero-order chi connectivity index (χ0) is 15.7. The maximum Gasteiger partial charge on any atom is 0.416 e. The van der Waals surface area contributed by atoms with Crippen LogP contribution in [0.3, 0.4) is 0 Å². The Labute approximate surface area is 125 Å². The van der Waals surface area contributed by atoms with E-state index >= 15 is 0 Å². The van der Waals surface area contributed by atoms with Crippen LogP contribution in [-0.4, -0.2) is 26.5 Å². The van der Waals surface area contributed by atoms with Gasteiger partial charge in [-0.25, -0.2) is 0 Å². The number of aliphatic hydroxyl groups is 1. The van der Waals surface area contributed by atoms with Crippen molar-refractivity contribution in [3.05, 3.63) is 47.0 Å². The molecule has 1 aromatic heterocycles. The molecule has 0 saturated heterocycles. The first-order valence-electron chi connectivity index (χ1n) is 7.18. The second-order valence-electron chi connectivity index (χ2n) is 5.48. The molecule has 0 spiro atoms. The Morgan fingerprint density at radius 1 is 1.23 bits per heavy atom. The number of benzene rings is 1. The lowest BCUT2D eigenvalue weighted by molar-refractivity contribution is -0.138. The van der Waals surface area contributed by atoms with Crippen LogP contribution in [0.4, 0.5) is 13.2 Å². The second-order valence-corrected chi connectivity index (χ2v) is 5.48. The Kier molecular flexibility index (Phi) is 3.90. The van der Waals surface area contributed by atoms with Gasteiger partial charge < -0.3 is 9.67 Å². The van der Waals surface area contributed by atoms with Crippen molar-refractivity contribution in [2.45, 2.75) is 37.9 Å². The first kappa shape index (κ1) is 15.0. The van der Waals surface area contributed by atoms with Gasteiger partial charge in [-0.3, -0.25) is 0 Å². The molecule has 1 aromatic carbocycles. The van der Waals surface area contributed by atoms with Crippen LogP contribution in [-0.2, 0) is 19.1 Å². The molecule has 0 radical (unpaired) electrons. The zero-order valence-corrected chi connectivity index (χ0v) is 11.8. The number of fused-ring (bicyclic) bond motifs is 1. The highest BCUT2D eigenvalue weighted by Crippen LogP contribution is 2.33. The van der Waals surface area contributed by atoms with Crippen LogP contribution in [0.5, 0.6) is 0 Å². The number of nitrogens with zero attached hydrogens (tertiary/aromatic N) is 3. The van der Waals surface area contributed by atoms with E-state index in [0.717, 1.165) is 18.9 Å². The van der Waals surface area contributed by atoms with Gasteiger partial charge in [-0.15, -0.1) is 10.2 Å². The van der Waals surface area contributed by atoms with E-state index < -0.39 is 11.7 Å². The fourth-order valence-corrected chi connectivity index (χ4v) is 2.94. The minimum absolute atomic E-state index is 0.0166. The lowest BCUT2D eigenvalue weighted by Gasteiger charge is -2.22. The van der Waals surface area contributed by atoms with E-state index in [2.05, 4.69) is 10.2 Å². The number of halogens is 3. The Morgan fingerprint density at radius 3 is 2.73 bits per heavy atom. The molecule has 1 aliphatic heterocycles. The van der Waals surface area contributed by atoms with Crippen LogP contribution in [0.1, 0.15) is 41.5 Å². The maximum atomic E-state index is 13.1. The molecule has 118 valence electrons. The standard InChI is InChI=1S/C15H16F3N3O/c16-15(17,18)12-6-2-1-4-10(12)8-13-19-20-14-11(9-22)5-3-7-21(13)14/h1-2,4,6,11,22H,3,5,7-9H2. The number of hydrogen-bond donors (Lipinski definition) is 1. The van der Waals surface area contributed by atoms with Gasteiger partial charge in [0, 0.05) is 18.9 Å². The van der Waals surface area contributed by atoms with Crippen molar-refractivity contribution in [2.75, 3.05) is 6.61 Å². The first-order chi connectivity index (χ1) is 10.5. The lowest BCUT2D eigenvalue weighted by atomic mass is 9.99. The third kappa shape index (κ3) is 2.72. The molecule has 22 heavy (non-hydrogen) atoms. The average Bonchev–Trinajstić information content (AvgIpc) is 2.90. The zero-order valence-electron chi connectivity index (χ0n) is 11.8. The van der Waals surface area contributed by atoms with Gasteiger partial charge in [-0.1, -0.05) is 18.2 Å². The fraction of sp³-hybridized carbons (Fsp3) is 0.467. The van der Waals surface area contributed by atoms with E-state index in [1.165, 1.54) is 12.1 Å². The molecule has 2 heterocycles. The Hall–Kier alpha value is -1.89. The van der Waals surface area contributed by atoms with Gasteiger partial charge >= 0.3 is 6.18 Å². The largest absolute Gasteiger partial charge is 0.416 e. The maximum absolute atomic E-state index is 13.1. The summed E-state index contributed by atoms with van der Waals surface area (Å²) >= 11 is 0. The quantitative estimate of drug-likeness (QED) is 0.948. The Bertz CT molecular complexity index is 666. The van der Waals surface area contributed by atoms with Crippen molar-refractivity contribution in [1.82, 2.24) is 14.8 Å². The summed E-state index contributed by atoms with van der Waals surface area (Å²) in [6, 6.07) is 5.53. The third-order valence-electron chi connectivity index (χ3n) is 4.05. The molecule has 1 N–H and O–H groups in total. The molecule has 0 amide bonds. The van der Waals surface area contributed by atoms with Gasteiger partial charge in [0.2, 0.25) is 0 Å². The average molecular weight is 311 g/mol. The molecular formula is C15H16F3N3O. The second kappa shape index (κ2) is 5.72. The molecule has 3 rings (SSSR count). The van der Waals surface area contributed by atoms with Crippen LogP contribution in [0, 0.1) is 0 Å². The van der Waals surface area contributed by atoms with Gasteiger partial charge in [-0.2, -0.15) is 13.2 Å². The van der Waals surface area contributed by atoms with Crippen LogP contribution in [0.25, 0.3) is 0 Å². The van der Waals surface area contributed by atoms with Crippen molar-refractivity contribution in [3.63, 3.8) is 0 Å². The van der Waals surface area contributed by atoms with Gasteiger partial charge in [0.25, 0.3) is 0 Å². The van der Waals surface area contributed by atoms with Crippen LogP contribution in [0.15, 0.2) is 24.3 Å². The van der Waals surface area contributed by atoms with Crippen LogP contribution < -0.4 is 0 Å². The molecule has 0 fully saturated rings. The molecular weight excluding hydrogens is 295 g/mol. The minimum Gasteiger partial charge on any atom is -0.396 e. The SMILES string of the molecule is OCC1CCCn2c(Cc3ccccc3C(F)(F)F)nnc21. The molecule has 1 unspecified atom stereocenters. The van der Waals surface area contributed by atoms with E-state index in [1.807, 2.05) is 4.57 Å². The predicted octanol–water partition coefficient (Wildman–Crippen LogP) is 2.76. The smallest absolute Gasteiger partial charge is 0.396 e. The van der Waals surface area contributed by atoms with E-state index in [9.17, 15) is 18.3 Å². The Balaban J connectivity index is 1.94. The molecule has 2 aromatic rings. The molecule has 4 nitrogen and oxygen atoms in total. The van der Waals surface area contributed by atoms with Crippen LogP contribution in [0.2, 0.25) is 0 Å². The molecule has 7 heteroatoms. The van der Waals surface area contributed by atoms with Crippen LogP contribution >= 0.6 is 0 Å². The summed E-state index contributed by atoms with van der Waals surface area (Å²) in [5.41, 5.74) is -0.446. The minimum atomic E-state index is -4.38. The Morgan fingerprint density at radius 2 is 2.00 bits per heavy atom. The molecule has 0 bridgehead atoms. The summed E-state index contributed by atoms with van der Waals surface area (Å²) in [7, 11) is 0.